The summed E-state index contributed by atoms with van der Waals surface area (Å²) in [6, 6.07) is -0.979. The number of nitrogens with one attached hydrogen (secondary N) is 1. The molecule has 396 valence electrons. The van der Waals surface area contributed by atoms with Gasteiger partial charge in [0.05, 0.1) is 25.4 Å². The van der Waals surface area contributed by atoms with E-state index in [0.29, 0.717) is 6.42 Å². The standard InChI is InChI=1S/C57H109NO9/c1-3-5-7-9-11-13-15-17-19-20-21-22-23-24-25-26-27-28-29-30-32-34-36-38-40-42-44-46-51(61)56(65)58-49(48-66-57-55(64)54(63)53(62)52(47-59)67-57)50(60)45-43-41-39-37-35-33-31-18-16-14-12-10-8-6-4-2/h24-25,43,45,49-55,57,59-64H,3-23,26-42,44,46-48H2,1-2H3,(H,58,65)/b25-24-,45-43+. The molecular weight excluding hydrogens is 843 g/mol. The SMILES string of the molecule is CCCCCCCCCCCCCC/C=C\CCCCCCCCCCCCCC(O)C(=O)NC(COC1OC(CO)C(O)C(O)C1O)C(O)/C=C/CCCCCCCCCCCCCCC. The van der Waals surface area contributed by atoms with Crippen LogP contribution in [0.3, 0.4) is 0 Å². The molecule has 1 saturated heterocycles. The monoisotopic (exact) mass is 952 g/mol. The maximum absolute atomic E-state index is 13.1. The number of carbonyl (C=O) groups excluding carboxylic acids is 1. The van der Waals surface area contributed by atoms with Crippen LogP contribution in [0.4, 0.5) is 0 Å². The molecule has 0 saturated carbocycles. The molecule has 0 aliphatic carbocycles. The Bertz CT molecular complexity index is 1120. The molecule has 0 aromatic heterocycles. The van der Waals surface area contributed by atoms with Crippen molar-refractivity contribution in [1.82, 2.24) is 5.32 Å². The quantitative estimate of drug-likeness (QED) is 0.0232. The second kappa shape index (κ2) is 47.0. The van der Waals surface area contributed by atoms with Crippen molar-refractivity contribution < 1.29 is 44.9 Å². The first-order valence-electron chi connectivity index (χ1n) is 28.7. The summed E-state index contributed by atoms with van der Waals surface area (Å²) in [5, 5.41) is 65.0. The fourth-order valence-electron chi connectivity index (χ4n) is 9.22. The Morgan fingerprint density at radius 2 is 0.866 bits per heavy atom. The van der Waals surface area contributed by atoms with E-state index in [4.69, 9.17) is 9.47 Å². The third kappa shape index (κ3) is 36.2. The van der Waals surface area contributed by atoms with Crippen molar-refractivity contribution in [3.8, 4) is 0 Å². The van der Waals surface area contributed by atoms with E-state index < -0.39 is 61.5 Å². The number of hydrogen-bond acceptors (Lipinski definition) is 9. The molecule has 8 atom stereocenters. The van der Waals surface area contributed by atoms with Gasteiger partial charge in [-0.15, -0.1) is 0 Å². The first-order chi connectivity index (χ1) is 32.8. The molecule has 0 aromatic rings. The minimum atomic E-state index is -1.61. The molecule has 1 aliphatic rings. The number of allylic oxidation sites excluding steroid dienone is 3. The summed E-state index contributed by atoms with van der Waals surface area (Å²) in [5.74, 6) is -0.614. The van der Waals surface area contributed by atoms with Crippen molar-refractivity contribution in [1.29, 1.82) is 0 Å². The van der Waals surface area contributed by atoms with Crippen molar-refractivity contribution in [2.45, 2.75) is 320 Å². The van der Waals surface area contributed by atoms with Gasteiger partial charge in [0.2, 0.25) is 5.91 Å². The van der Waals surface area contributed by atoms with Crippen LogP contribution in [0.1, 0.15) is 271 Å². The lowest BCUT2D eigenvalue weighted by molar-refractivity contribution is -0.302. The smallest absolute Gasteiger partial charge is 0.249 e. The van der Waals surface area contributed by atoms with Crippen molar-refractivity contribution in [3.05, 3.63) is 24.3 Å². The Labute approximate surface area is 411 Å². The summed E-state index contributed by atoms with van der Waals surface area (Å²) in [6.07, 6.45) is 48.5. The molecule has 1 rings (SSSR count). The normalized spacial score (nSPS) is 20.3. The van der Waals surface area contributed by atoms with E-state index in [9.17, 15) is 35.4 Å². The minimum Gasteiger partial charge on any atom is -0.394 e. The highest BCUT2D eigenvalue weighted by Gasteiger charge is 2.44. The average molecular weight is 952 g/mol. The second-order valence-corrected chi connectivity index (χ2v) is 20.2. The molecule has 8 unspecified atom stereocenters. The lowest BCUT2D eigenvalue weighted by Crippen LogP contribution is -2.60. The fourth-order valence-corrected chi connectivity index (χ4v) is 9.22. The van der Waals surface area contributed by atoms with E-state index in [0.717, 1.165) is 44.9 Å². The van der Waals surface area contributed by atoms with Crippen LogP contribution >= 0.6 is 0 Å². The van der Waals surface area contributed by atoms with Crippen LogP contribution < -0.4 is 5.32 Å². The summed E-state index contributed by atoms with van der Waals surface area (Å²) in [7, 11) is 0. The Hall–Kier alpha value is -1.37. The first kappa shape index (κ1) is 63.6. The number of aliphatic hydroxyl groups excluding tert-OH is 6. The average Bonchev–Trinajstić information content (AvgIpc) is 3.33. The van der Waals surface area contributed by atoms with Crippen molar-refractivity contribution in [2.24, 2.45) is 0 Å². The maximum atomic E-state index is 13.1. The molecule has 1 fully saturated rings. The van der Waals surface area contributed by atoms with E-state index in [1.54, 1.807) is 6.08 Å². The number of aliphatic hydroxyl groups is 6. The summed E-state index contributed by atoms with van der Waals surface area (Å²) >= 11 is 0. The Balaban J connectivity index is 2.23. The largest absolute Gasteiger partial charge is 0.394 e. The molecular formula is C57H109NO9. The lowest BCUT2D eigenvalue weighted by atomic mass is 9.99. The van der Waals surface area contributed by atoms with Crippen LogP contribution in [-0.4, -0.2) is 98.7 Å². The topological polar surface area (TPSA) is 169 Å². The number of ether oxygens (including phenoxy) is 2. The summed E-state index contributed by atoms with van der Waals surface area (Å²) in [6.45, 7) is 3.64. The van der Waals surface area contributed by atoms with Crippen LogP contribution in [0, 0.1) is 0 Å². The van der Waals surface area contributed by atoms with Gasteiger partial charge in [0.1, 0.15) is 30.5 Å². The number of amides is 1. The first-order valence-corrected chi connectivity index (χ1v) is 28.7. The van der Waals surface area contributed by atoms with Gasteiger partial charge in [-0.3, -0.25) is 4.79 Å². The highest BCUT2D eigenvalue weighted by Crippen LogP contribution is 2.23. The summed E-state index contributed by atoms with van der Waals surface area (Å²) in [5.41, 5.74) is 0. The molecule has 10 heteroatoms. The van der Waals surface area contributed by atoms with E-state index in [1.807, 2.05) is 6.08 Å². The van der Waals surface area contributed by atoms with Crippen molar-refractivity contribution >= 4 is 5.91 Å². The molecule has 10 nitrogen and oxygen atoms in total. The molecule has 1 amide bonds. The Morgan fingerprint density at radius 3 is 1.25 bits per heavy atom. The molecule has 1 heterocycles. The third-order valence-electron chi connectivity index (χ3n) is 13.9. The molecule has 7 N–H and O–H groups in total. The molecule has 0 radical (unpaired) electrons. The van der Waals surface area contributed by atoms with E-state index in [-0.39, 0.29) is 6.61 Å². The molecule has 1 aliphatic heterocycles. The Morgan fingerprint density at radius 1 is 0.507 bits per heavy atom. The number of unbranched alkanes of at least 4 members (excludes halogenated alkanes) is 36. The van der Waals surface area contributed by atoms with Crippen molar-refractivity contribution in [3.63, 3.8) is 0 Å². The highest BCUT2D eigenvalue weighted by molar-refractivity contribution is 5.80. The predicted molar refractivity (Wildman–Crippen MR) is 278 cm³/mol. The van der Waals surface area contributed by atoms with Gasteiger partial charge in [-0.05, 0) is 44.9 Å². The van der Waals surface area contributed by atoms with Crippen LogP contribution in [0.5, 0.6) is 0 Å². The zero-order chi connectivity index (χ0) is 48.8. The van der Waals surface area contributed by atoms with Gasteiger partial charge < -0.3 is 45.4 Å². The lowest BCUT2D eigenvalue weighted by Gasteiger charge is -2.40. The summed E-state index contributed by atoms with van der Waals surface area (Å²) in [4.78, 5) is 13.1. The van der Waals surface area contributed by atoms with Gasteiger partial charge in [-0.1, -0.05) is 250 Å². The van der Waals surface area contributed by atoms with Gasteiger partial charge in [-0.25, -0.2) is 0 Å². The number of rotatable bonds is 49. The van der Waals surface area contributed by atoms with E-state index >= 15 is 0 Å². The van der Waals surface area contributed by atoms with Gasteiger partial charge in [0.25, 0.3) is 0 Å². The van der Waals surface area contributed by atoms with Crippen molar-refractivity contribution in [2.75, 3.05) is 13.2 Å². The fraction of sp³-hybridized carbons (Fsp3) is 0.912. The third-order valence-corrected chi connectivity index (χ3v) is 13.9. The number of hydrogen-bond donors (Lipinski definition) is 7. The summed E-state index contributed by atoms with van der Waals surface area (Å²) < 4.78 is 11.2. The molecule has 0 aromatic carbocycles. The molecule has 67 heavy (non-hydrogen) atoms. The predicted octanol–water partition coefficient (Wildman–Crippen LogP) is 12.8. The van der Waals surface area contributed by atoms with Gasteiger partial charge in [-0.2, -0.15) is 0 Å². The second-order valence-electron chi connectivity index (χ2n) is 20.2. The van der Waals surface area contributed by atoms with E-state index in [1.165, 1.54) is 205 Å². The van der Waals surface area contributed by atoms with Crippen LogP contribution in [-0.2, 0) is 14.3 Å². The number of carbonyl (C=O) groups is 1. The van der Waals surface area contributed by atoms with Crippen LogP contribution in [0.15, 0.2) is 24.3 Å². The van der Waals surface area contributed by atoms with Crippen LogP contribution in [0.25, 0.3) is 0 Å². The molecule has 0 spiro atoms. The van der Waals surface area contributed by atoms with Gasteiger partial charge >= 0.3 is 0 Å². The minimum absolute atomic E-state index is 0.303. The maximum Gasteiger partial charge on any atom is 0.249 e. The van der Waals surface area contributed by atoms with E-state index in [2.05, 4.69) is 31.3 Å². The zero-order valence-corrected chi connectivity index (χ0v) is 43.5. The van der Waals surface area contributed by atoms with Gasteiger partial charge in [0.15, 0.2) is 6.29 Å². The molecule has 0 bridgehead atoms. The van der Waals surface area contributed by atoms with Gasteiger partial charge in [0, 0.05) is 0 Å². The highest BCUT2D eigenvalue weighted by atomic mass is 16.7. The zero-order valence-electron chi connectivity index (χ0n) is 43.5. The Kier molecular flexibility index (Phi) is 44.6. The van der Waals surface area contributed by atoms with Crippen LogP contribution in [0.2, 0.25) is 0 Å².